The van der Waals surface area contributed by atoms with Crippen molar-refractivity contribution in [3.05, 3.63) is 90.3 Å². The van der Waals surface area contributed by atoms with Crippen molar-refractivity contribution in [1.82, 2.24) is 14.9 Å². The van der Waals surface area contributed by atoms with Crippen molar-refractivity contribution in [3.63, 3.8) is 0 Å². The number of para-hydroxylation sites is 4. The molecule has 0 spiro atoms. The van der Waals surface area contributed by atoms with E-state index in [-0.39, 0.29) is 24.3 Å². The summed E-state index contributed by atoms with van der Waals surface area (Å²) in [5.41, 5.74) is 3.94. The fourth-order valence-corrected chi connectivity index (χ4v) is 3.83. The Morgan fingerprint density at radius 1 is 0.906 bits per heavy atom. The molecule has 0 radical (unpaired) electrons. The van der Waals surface area contributed by atoms with E-state index in [9.17, 15) is 9.59 Å². The van der Waals surface area contributed by atoms with Gasteiger partial charge in [-0.3, -0.25) is 14.2 Å². The van der Waals surface area contributed by atoms with Gasteiger partial charge in [0.1, 0.15) is 5.82 Å². The lowest BCUT2D eigenvalue weighted by Crippen LogP contribution is -2.27. The zero-order valence-electron chi connectivity index (χ0n) is 17.6. The van der Waals surface area contributed by atoms with Gasteiger partial charge in [-0.15, -0.1) is 0 Å². The Labute approximate surface area is 186 Å². The number of nitrogens with one attached hydrogen (secondary N) is 2. The number of amides is 2. The molecule has 0 unspecified atom stereocenters. The molecule has 6 nitrogen and oxygen atoms in total. The lowest BCUT2D eigenvalue weighted by Gasteiger charge is -2.12. The van der Waals surface area contributed by atoms with Crippen LogP contribution in [0.2, 0.25) is 0 Å². The topological polar surface area (TPSA) is 76.0 Å². The van der Waals surface area contributed by atoms with Crippen LogP contribution < -0.4 is 10.6 Å². The third kappa shape index (κ3) is 4.25. The second kappa shape index (κ2) is 8.67. The molecule has 1 aliphatic rings. The largest absolute Gasteiger partial charge is 0.349 e. The summed E-state index contributed by atoms with van der Waals surface area (Å²) in [7, 11) is 0. The minimum atomic E-state index is -0.150. The summed E-state index contributed by atoms with van der Waals surface area (Å²) in [6.07, 6.45) is 2.77. The van der Waals surface area contributed by atoms with E-state index in [2.05, 4.69) is 15.2 Å². The van der Waals surface area contributed by atoms with Crippen molar-refractivity contribution in [3.8, 4) is 5.69 Å². The van der Waals surface area contributed by atoms with Crippen LogP contribution in [0.1, 0.15) is 35.4 Å². The molecular weight excluding hydrogens is 400 g/mol. The number of anilines is 1. The highest BCUT2D eigenvalue weighted by molar-refractivity contribution is 6.04. The first-order chi connectivity index (χ1) is 15.7. The quantitative estimate of drug-likeness (QED) is 0.459. The number of rotatable bonds is 7. The molecule has 160 valence electrons. The van der Waals surface area contributed by atoms with Crippen LogP contribution in [0.4, 0.5) is 5.69 Å². The third-order valence-corrected chi connectivity index (χ3v) is 5.58. The highest BCUT2D eigenvalue weighted by Crippen LogP contribution is 2.24. The number of aryl methyl sites for hydroxylation is 1. The van der Waals surface area contributed by atoms with Crippen molar-refractivity contribution in [2.24, 2.45) is 0 Å². The van der Waals surface area contributed by atoms with E-state index in [0.717, 1.165) is 35.4 Å². The fraction of sp³-hybridized carbons (Fsp3) is 0.192. The molecule has 0 bridgehead atoms. The molecule has 0 aliphatic heterocycles. The van der Waals surface area contributed by atoms with Crippen molar-refractivity contribution in [1.29, 1.82) is 0 Å². The van der Waals surface area contributed by atoms with E-state index in [4.69, 9.17) is 4.98 Å². The predicted octanol–water partition coefficient (Wildman–Crippen LogP) is 4.49. The molecule has 1 aromatic heterocycles. The summed E-state index contributed by atoms with van der Waals surface area (Å²) in [6, 6.07) is 25.4. The molecule has 4 aromatic rings. The van der Waals surface area contributed by atoms with Crippen LogP contribution in [0.5, 0.6) is 0 Å². The number of imidazole rings is 1. The molecule has 0 saturated heterocycles. The van der Waals surface area contributed by atoms with Gasteiger partial charge in [0.2, 0.25) is 5.91 Å². The number of carbonyl (C=O) groups is 2. The zero-order chi connectivity index (χ0) is 21.9. The molecule has 32 heavy (non-hydrogen) atoms. The maximum atomic E-state index is 12.8. The van der Waals surface area contributed by atoms with Gasteiger partial charge in [0.05, 0.1) is 22.3 Å². The van der Waals surface area contributed by atoms with Gasteiger partial charge in [-0.1, -0.05) is 42.5 Å². The molecule has 6 heteroatoms. The average molecular weight is 425 g/mol. The fourth-order valence-electron chi connectivity index (χ4n) is 3.83. The standard InChI is InChI=1S/C26H24N4O2/c31-25(29-21-11-5-4-10-20(21)26(32)27-18-14-15-18)17-16-24-28-22-12-6-7-13-23(22)30(24)19-8-2-1-3-9-19/h1-13,18H,14-17H2,(H,27,32)(H,29,31). The maximum Gasteiger partial charge on any atom is 0.253 e. The molecule has 2 amide bonds. The number of hydrogen-bond donors (Lipinski definition) is 2. The summed E-state index contributed by atoms with van der Waals surface area (Å²) >= 11 is 0. The van der Waals surface area contributed by atoms with Crippen LogP contribution in [0, 0.1) is 0 Å². The summed E-state index contributed by atoms with van der Waals surface area (Å²) in [4.78, 5) is 30.1. The highest BCUT2D eigenvalue weighted by Gasteiger charge is 2.25. The molecule has 5 rings (SSSR count). The predicted molar refractivity (Wildman–Crippen MR) is 125 cm³/mol. The van der Waals surface area contributed by atoms with Gasteiger partial charge < -0.3 is 10.6 Å². The van der Waals surface area contributed by atoms with Crippen LogP contribution in [0.25, 0.3) is 16.7 Å². The average Bonchev–Trinajstić information content (AvgIpc) is 3.55. The van der Waals surface area contributed by atoms with E-state index in [1.54, 1.807) is 18.2 Å². The minimum absolute atomic E-state index is 0.144. The first kappa shape index (κ1) is 20.0. The molecule has 0 atom stereocenters. The summed E-state index contributed by atoms with van der Waals surface area (Å²) in [5, 5.41) is 5.89. The third-order valence-electron chi connectivity index (χ3n) is 5.58. The molecule has 1 aliphatic carbocycles. The second-order valence-electron chi connectivity index (χ2n) is 8.03. The van der Waals surface area contributed by atoms with Gasteiger partial charge in [0, 0.05) is 24.6 Å². The van der Waals surface area contributed by atoms with Crippen LogP contribution in [0.3, 0.4) is 0 Å². The SMILES string of the molecule is O=C(CCc1nc2ccccc2n1-c1ccccc1)Nc1ccccc1C(=O)NC1CC1. The lowest BCUT2D eigenvalue weighted by molar-refractivity contribution is -0.116. The number of nitrogens with zero attached hydrogens (tertiary/aromatic N) is 2. The zero-order valence-corrected chi connectivity index (χ0v) is 17.6. The number of aromatic nitrogens is 2. The first-order valence-corrected chi connectivity index (χ1v) is 10.9. The van der Waals surface area contributed by atoms with Crippen molar-refractivity contribution < 1.29 is 9.59 Å². The first-order valence-electron chi connectivity index (χ1n) is 10.9. The minimum Gasteiger partial charge on any atom is -0.349 e. The van der Waals surface area contributed by atoms with Crippen LogP contribution in [0.15, 0.2) is 78.9 Å². The molecule has 1 fully saturated rings. The number of hydrogen-bond acceptors (Lipinski definition) is 3. The molecular formula is C26H24N4O2. The van der Waals surface area contributed by atoms with Crippen LogP contribution in [-0.2, 0) is 11.2 Å². The number of fused-ring (bicyclic) bond motifs is 1. The Morgan fingerprint density at radius 2 is 1.62 bits per heavy atom. The summed E-state index contributed by atoms with van der Waals surface area (Å²) in [5.74, 6) is 0.532. The van der Waals surface area contributed by atoms with Gasteiger partial charge in [-0.2, -0.15) is 0 Å². The van der Waals surface area contributed by atoms with Gasteiger partial charge in [0.15, 0.2) is 0 Å². The summed E-state index contributed by atoms with van der Waals surface area (Å²) in [6.45, 7) is 0. The monoisotopic (exact) mass is 424 g/mol. The van der Waals surface area contributed by atoms with E-state index >= 15 is 0 Å². The second-order valence-corrected chi connectivity index (χ2v) is 8.03. The van der Waals surface area contributed by atoms with Gasteiger partial charge >= 0.3 is 0 Å². The van der Waals surface area contributed by atoms with E-state index in [0.29, 0.717) is 17.7 Å². The van der Waals surface area contributed by atoms with Crippen LogP contribution >= 0.6 is 0 Å². The van der Waals surface area contributed by atoms with E-state index in [1.165, 1.54) is 0 Å². The Hall–Kier alpha value is -3.93. The number of benzene rings is 3. The highest BCUT2D eigenvalue weighted by atomic mass is 16.2. The molecule has 2 N–H and O–H groups in total. The molecule has 1 heterocycles. The normalized spacial score (nSPS) is 13.1. The molecule has 3 aromatic carbocycles. The van der Waals surface area contributed by atoms with E-state index < -0.39 is 0 Å². The van der Waals surface area contributed by atoms with Crippen LogP contribution in [-0.4, -0.2) is 27.4 Å². The van der Waals surface area contributed by atoms with Gasteiger partial charge in [0.25, 0.3) is 5.91 Å². The van der Waals surface area contributed by atoms with Gasteiger partial charge in [-0.05, 0) is 49.2 Å². The lowest BCUT2D eigenvalue weighted by atomic mass is 10.1. The Kier molecular flexibility index (Phi) is 5.42. The Balaban J connectivity index is 1.34. The van der Waals surface area contributed by atoms with Crippen molar-refractivity contribution >= 4 is 28.5 Å². The Bertz CT molecular complexity index is 1280. The Morgan fingerprint density at radius 3 is 2.44 bits per heavy atom. The summed E-state index contributed by atoms with van der Waals surface area (Å²) < 4.78 is 2.10. The van der Waals surface area contributed by atoms with E-state index in [1.807, 2.05) is 60.7 Å². The van der Waals surface area contributed by atoms with Crippen molar-refractivity contribution in [2.45, 2.75) is 31.7 Å². The smallest absolute Gasteiger partial charge is 0.253 e. The number of carbonyl (C=O) groups excluding carboxylic acids is 2. The molecule has 1 saturated carbocycles. The van der Waals surface area contributed by atoms with Crippen molar-refractivity contribution in [2.75, 3.05) is 5.32 Å². The van der Waals surface area contributed by atoms with Gasteiger partial charge in [-0.25, -0.2) is 4.98 Å². The maximum absolute atomic E-state index is 12.8.